The topological polar surface area (TPSA) is 99.3 Å². The van der Waals surface area contributed by atoms with Crippen LogP contribution in [-0.2, 0) is 0 Å². The van der Waals surface area contributed by atoms with E-state index in [-0.39, 0.29) is 17.2 Å². The number of phenolic OH excluding ortho intramolecular Hbond substituents is 1. The number of hydrogen-bond donors (Lipinski definition) is 4. The fraction of sp³-hybridized carbons (Fsp3) is 0.222. The predicted molar refractivity (Wildman–Crippen MR) is 58.1 cm³/mol. The fourth-order valence-electron chi connectivity index (χ4n) is 1.43. The molecule has 0 bridgehead atoms. The Kier molecular flexibility index (Phi) is 2.47. The first kappa shape index (κ1) is 10.2. The van der Waals surface area contributed by atoms with Crippen LogP contribution in [0.3, 0.4) is 0 Å². The van der Waals surface area contributed by atoms with Gasteiger partial charge in [-0.25, -0.2) is 0 Å². The van der Waals surface area contributed by atoms with Gasteiger partial charge in [0, 0.05) is 12.1 Å². The summed E-state index contributed by atoms with van der Waals surface area (Å²) in [4.78, 5) is 13.4. The van der Waals surface area contributed by atoms with Crippen molar-refractivity contribution in [3.63, 3.8) is 0 Å². The maximum atomic E-state index is 11.1. The molecule has 0 aliphatic rings. The Morgan fingerprint density at radius 2 is 2.27 bits per heavy atom. The zero-order chi connectivity index (χ0) is 11.0. The summed E-state index contributed by atoms with van der Waals surface area (Å²) in [5.74, 6) is -0.00341. The molecule has 2 aromatic rings. The summed E-state index contributed by atoms with van der Waals surface area (Å²) >= 11 is 0.950. The lowest BCUT2D eigenvalue weighted by molar-refractivity contribution is 0.188. The second kappa shape index (κ2) is 3.65. The number of nitrogens with two attached hydrogens (primary N) is 1. The molecule has 0 saturated carbocycles. The van der Waals surface area contributed by atoms with E-state index in [0.717, 1.165) is 11.3 Å². The minimum absolute atomic E-state index is 0.00341. The molecule has 0 radical (unpaired) electrons. The summed E-state index contributed by atoms with van der Waals surface area (Å²) in [6, 6.07) is 3.00. The molecule has 1 atom stereocenters. The van der Waals surface area contributed by atoms with Crippen molar-refractivity contribution >= 4 is 21.6 Å². The van der Waals surface area contributed by atoms with E-state index in [9.17, 15) is 15.0 Å². The number of thiazole rings is 1. The van der Waals surface area contributed by atoms with Crippen molar-refractivity contribution < 1.29 is 10.2 Å². The normalized spacial score (nSPS) is 13.2. The largest absolute Gasteiger partial charge is 0.506 e. The van der Waals surface area contributed by atoms with Gasteiger partial charge in [0.25, 0.3) is 0 Å². The lowest BCUT2D eigenvalue weighted by Crippen LogP contribution is -2.11. The van der Waals surface area contributed by atoms with E-state index in [0.29, 0.717) is 15.8 Å². The first-order valence-corrected chi connectivity index (χ1v) is 5.18. The lowest BCUT2D eigenvalue weighted by Gasteiger charge is -2.08. The van der Waals surface area contributed by atoms with Crippen LogP contribution in [0.5, 0.6) is 5.75 Å². The van der Waals surface area contributed by atoms with Crippen LogP contribution in [0.2, 0.25) is 0 Å². The van der Waals surface area contributed by atoms with Gasteiger partial charge in [-0.05, 0) is 6.07 Å². The van der Waals surface area contributed by atoms with Gasteiger partial charge in [-0.3, -0.25) is 4.79 Å². The summed E-state index contributed by atoms with van der Waals surface area (Å²) in [7, 11) is 0. The molecule has 5 N–H and O–H groups in total. The molecule has 1 heterocycles. The van der Waals surface area contributed by atoms with Gasteiger partial charge < -0.3 is 20.9 Å². The Hall–Kier alpha value is -1.37. The number of nitrogens with one attached hydrogen (secondary N) is 1. The van der Waals surface area contributed by atoms with Crippen LogP contribution in [0, 0.1) is 0 Å². The minimum Gasteiger partial charge on any atom is -0.506 e. The zero-order valence-electron chi connectivity index (χ0n) is 7.73. The van der Waals surface area contributed by atoms with Crippen molar-refractivity contribution in [2.45, 2.75) is 6.10 Å². The fourth-order valence-corrected chi connectivity index (χ4v) is 2.35. The Morgan fingerprint density at radius 1 is 1.53 bits per heavy atom. The molecule has 6 heteroatoms. The molecule has 0 saturated heterocycles. The maximum Gasteiger partial charge on any atom is 0.305 e. The lowest BCUT2D eigenvalue weighted by atomic mass is 10.1. The number of rotatable bonds is 2. The molecule has 0 aliphatic heterocycles. The average Bonchev–Trinajstić information content (AvgIpc) is 2.60. The molecule has 0 amide bonds. The number of phenols is 1. The monoisotopic (exact) mass is 226 g/mol. The number of fused-ring (bicyclic) bond motifs is 1. The van der Waals surface area contributed by atoms with Crippen molar-refractivity contribution in [3.8, 4) is 5.75 Å². The molecule has 0 aliphatic carbocycles. The van der Waals surface area contributed by atoms with Crippen LogP contribution < -0.4 is 10.6 Å². The number of H-pyrrole nitrogens is 1. The Morgan fingerprint density at radius 3 is 2.93 bits per heavy atom. The van der Waals surface area contributed by atoms with Crippen molar-refractivity contribution in [1.82, 2.24) is 4.98 Å². The number of aromatic amines is 1. The molecule has 5 nitrogen and oxygen atoms in total. The highest BCUT2D eigenvalue weighted by atomic mass is 32.1. The third-order valence-corrected chi connectivity index (χ3v) is 3.10. The average molecular weight is 226 g/mol. The van der Waals surface area contributed by atoms with Crippen molar-refractivity contribution in [3.05, 3.63) is 27.4 Å². The maximum absolute atomic E-state index is 11.1. The van der Waals surface area contributed by atoms with E-state index < -0.39 is 6.10 Å². The predicted octanol–water partition coefficient (Wildman–Crippen LogP) is 0.287. The Balaban J connectivity index is 2.76. The van der Waals surface area contributed by atoms with E-state index in [2.05, 4.69) is 4.98 Å². The quantitative estimate of drug-likeness (QED) is 0.591. The van der Waals surface area contributed by atoms with Gasteiger partial charge in [0.15, 0.2) is 0 Å². The third-order valence-electron chi connectivity index (χ3n) is 2.17. The molecule has 1 aromatic carbocycles. The summed E-state index contributed by atoms with van der Waals surface area (Å²) in [6.45, 7) is 0.0754. The number of aliphatic hydroxyl groups excluding tert-OH is 1. The van der Waals surface area contributed by atoms with E-state index in [1.807, 2.05) is 0 Å². The van der Waals surface area contributed by atoms with Gasteiger partial charge in [0.2, 0.25) is 0 Å². The van der Waals surface area contributed by atoms with E-state index in [1.165, 1.54) is 6.07 Å². The summed E-state index contributed by atoms with van der Waals surface area (Å²) in [5.41, 5.74) is 6.26. The number of aliphatic hydroxyl groups is 1. The molecule has 1 aromatic heterocycles. The standard InChI is InChI=1S/C9H10N2O3S/c10-3-6(13)4-1-2-5(12)7-8(4)15-9(14)11-7/h1-2,6,12-13H,3,10H2,(H,11,14). The first-order chi connectivity index (χ1) is 7.13. The second-order valence-electron chi connectivity index (χ2n) is 3.14. The summed E-state index contributed by atoms with van der Waals surface area (Å²) in [5, 5.41) is 19.1. The van der Waals surface area contributed by atoms with Gasteiger partial charge in [-0.1, -0.05) is 17.4 Å². The van der Waals surface area contributed by atoms with Gasteiger partial charge in [0.1, 0.15) is 11.3 Å². The van der Waals surface area contributed by atoms with Crippen LogP contribution in [0.4, 0.5) is 0 Å². The van der Waals surface area contributed by atoms with Crippen molar-refractivity contribution in [2.75, 3.05) is 6.54 Å². The van der Waals surface area contributed by atoms with Crippen molar-refractivity contribution in [1.29, 1.82) is 0 Å². The smallest absolute Gasteiger partial charge is 0.305 e. The second-order valence-corrected chi connectivity index (χ2v) is 4.13. The zero-order valence-corrected chi connectivity index (χ0v) is 8.54. The number of benzene rings is 1. The summed E-state index contributed by atoms with van der Waals surface area (Å²) in [6.07, 6.45) is -0.820. The number of aromatic hydroxyl groups is 1. The third kappa shape index (κ3) is 1.63. The van der Waals surface area contributed by atoms with Crippen LogP contribution in [0.15, 0.2) is 16.9 Å². The van der Waals surface area contributed by atoms with E-state index in [4.69, 9.17) is 5.73 Å². The molecule has 0 fully saturated rings. The van der Waals surface area contributed by atoms with Crippen molar-refractivity contribution in [2.24, 2.45) is 5.73 Å². The van der Waals surface area contributed by atoms with Gasteiger partial charge in [-0.15, -0.1) is 0 Å². The van der Waals surface area contributed by atoms with E-state index in [1.54, 1.807) is 6.07 Å². The molecular formula is C9H10N2O3S. The van der Waals surface area contributed by atoms with E-state index >= 15 is 0 Å². The molecule has 15 heavy (non-hydrogen) atoms. The molecule has 2 rings (SSSR count). The van der Waals surface area contributed by atoms with Crippen LogP contribution in [0.25, 0.3) is 10.2 Å². The molecular weight excluding hydrogens is 216 g/mol. The summed E-state index contributed by atoms with van der Waals surface area (Å²) < 4.78 is 0.554. The minimum atomic E-state index is -0.820. The van der Waals surface area contributed by atoms with Crippen LogP contribution in [0.1, 0.15) is 11.7 Å². The van der Waals surface area contributed by atoms with Gasteiger partial charge in [0.05, 0.1) is 10.8 Å². The molecule has 1 unspecified atom stereocenters. The highest BCUT2D eigenvalue weighted by Crippen LogP contribution is 2.30. The van der Waals surface area contributed by atoms with Gasteiger partial charge in [-0.2, -0.15) is 0 Å². The highest BCUT2D eigenvalue weighted by molar-refractivity contribution is 7.16. The van der Waals surface area contributed by atoms with Gasteiger partial charge >= 0.3 is 4.87 Å². The van der Waals surface area contributed by atoms with Crippen LogP contribution >= 0.6 is 11.3 Å². The Bertz CT molecular complexity index is 546. The molecule has 80 valence electrons. The number of hydrogen-bond acceptors (Lipinski definition) is 5. The SMILES string of the molecule is NCC(O)c1ccc(O)c2[nH]c(=O)sc12. The number of aromatic nitrogens is 1. The Labute approximate surface area is 88.8 Å². The van der Waals surface area contributed by atoms with Crippen LogP contribution in [-0.4, -0.2) is 21.7 Å². The molecule has 0 spiro atoms. The highest BCUT2D eigenvalue weighted by Gasteiger charge is 2.14. The first-order valence-electron chi connectivity index (χ1n) is 4.36.